The van der Waals surface area contributed by atoms with Crippen LogP contribution in [0.4, 0.5) is 22.0 Å². The Bertz CT molecular complexity index is 1440. The lowest BCUT2D eigenvalue weighted by Crippen LogP contribution is -2.44. The van der Waals surface area contributed by atoms with Crippen molar-refractivity contribution in [2.24, 2.45) is 0 Å². The van der Waals surface area contributed by atoms with Crippen LogP contribution in [0.25, 0.3) is 0 Å². The summed E-state index contributed by atoms with van der Waals surface area (Å²) in [5, 5.41) is 2.65. The Labute approximate surface area is 209 Å². The van der Waals surface area contributed by atoms with E-state index in [2.05, 4.69) is 5.10 Å². The minimum absolute atomic E-state index is 0.0558. The number of halogens is 5. The Kier molecular flexibility index (Phi) is 7.30. The lowest BCUT2D eigenvalue weighted by atomic mass is 9.98. The number of hydrogen-bond donors (Lipinski definition) is 0. The summed E-state index contributed by atoms with van der Waals surface area (Å²) in [6.45, 7) is 0.898. The third kappa shape index (κ3) is 5.61. The first kappa shape index (κ1) is 27.0. The largest absolute Gasteiger partial charge is 0.437 e. The number of benzene rings is 2. The molecule has 0 amide bonds. The maximum absolute atomic E-state index is 15.1. The number of alkyl halides is 3. The third-order valence-corrected chi connectivity index (χ3v) is 8.85. The van der Waals surface area contributed by atoms with E-state index in [4.69, 9.17) is 4.42 Å². The Morgan fingerprint density at radius 1 is 1.11 bits per heavy atom. The minimum atomic E-state index is -4.73. The molecule has 4 rings (SSSR count). The summed E-state index contributed by atoms with van der Waals surface area (Å²) in [7, 11) is -3.89. The molecule has 0 N–H and O–H groups in total. The molecule has 1 aliphatic heterocycles. The van der Waals surface area contributed by atoms with Crippen molar-refractivity contribution in [3.8, 4) is 0 Å². The average Bonchev–Trinajstić information content (AvgIpc) is 3.17. The SMILES string of the molecule is CC(c1nn(CC(F)(F)F)c(=O)o1)c1cc(F)c(CN2[C@@H](C)CC[C@H](c3ccccc3)S2(=O)=O)cc1F. The van der Waals surface area contributed by atoms with Gasteiger partial charge in [0, 0.05) is 23.7 Å². The van der Waals surface area contributed by atoms with Gasteiger partial charge in [0.2, 0.25) is 15.9 Å². The van der Waals surface area contributed by atoms with E-state index in [0.717, 1.165) is 16.4 Å². The minimum Gasteiger partial charge on any atom is -0.392 e. The Morgan fingerprint density at radius 2 is 1.78 bits per heavy atom. The summed E-state index contributed by atoms with van der Waals surface area (Å²) in [5.41, 5.74) is 0.0988. The standard InChI is InChI=1S/C24H24F5N3O4S/c1-14-8-9-21(16-6-4-3-5-7-16)37(34,35)32(14)12-17-10-20(26)18(11-19(17)25)15(2)22-30-31(23(33)36-22)13-24(27,28)29/h3-7,10-11,14-15,21H,8-9,12-13H2,1-2H3/t14-,15?,21+/m0/s1. The van der Waals surface area contributed by atoms with Crippen LogP contribution in [0, 0.1) is 11.6 Å². The van der Waals surface area contributed by atoms with Gasteiger partial charge < -0.3 is 4.42 Å². The van der Waals surface area contributed by atoms with Crippen molar-refractivity contribution in [3.05, 3.63) is 87.2 Å². The second-order valence-corrected chi connectivity index (χ2v) is 11.1. The third-order valence-electron chi connectivity index (χ3n) is 6.48. The summed E-state index contributed by atoms with van der Waals surface area (Å²) >= 11 is 0. The molecule has 1 fully saturated rings. The van der Waals surface area contributed by atoms with Crippen molar-refractivity contribution >= 4 is 10.0 Å². The molecular weight excluding hydrogens is 521 g/mol. The monoisotopic (exact) mass is 545 g/mol. The van der Waals surface area contributed by atoms with Crippen LogP contribution < -0.4 is 5.76 Å². The van der Waals surface area contributed by atoms with Gasteiger partial charge in [-0.1, -0.05) is 30.3 Å². The zero-order chi connectivity index (χ0) is 27.1. The summed E-state index contributed by atoms with van der Waals surface area (Å²) in [5.74, 6) is -4.94. The molecule has 0 radical (unpaired) electrons. The highest BCUT2D eigenvalue weighted by Crippen LogP contribution is 2.38. The summed E-state index contributed by atoms with van der Waals surface area (Å²) in [6.07, 6.45) is -3.81. The molecule has 1 saturated heterocycles. The molecule has 37 heavy (non-hydrogen) atoms. The molecule has 0 saturated carbocycles. The first-order valence-corrected chi connectivity index (χ1v) is 13.0. The normalized spacial score (nSPS) is 21.2. The molecule has 2 heterocycles. The molecule has 0 aliphatic carbocycles. The second kappa shape index (κ2) is 10.0. The quantitative estimate of drug-likeness (QED) is 0.412. The van der Waals surface area contributed by atoms with Crippen molar-refractivity contribution < 1.29 is 34.8 Å². The van der Waals surface area contributed by atoms with E-state index in [1.54, 1.807) is 37.3 Å². The van der Waals surface area contributed by atoms with Gasteiger partial charge in [0.15, 0.2) is 0 Å². The van der Waals surface area contributed by atoms with Gasteiger partial charge in [-0.05, 0) is 44.4 Å². The van der Waals surface area contributed by atoms with Crippen molar-refractivity contribution in [1.29, 1.82) is 0 Å². The van der Waals surface area contributed by atoms with E-state index in [-0.39, 0.29) is 15.8 Å². The second-order valence-electron chi connectivity index (χ2n) is 9.08. The van der Waals surface area contributed by atoms with Crippen molar-refractivity contribution in [1.82, 2.24) is 14.1 Å². The van der Waals surface area contributed by atoms with Crippen LogP contribution in [0.3, 0.4) is 0 Å². The first-order valence-electron chi connectivity index (χ1n) is 11.5. The van der Waals surface area contributed by atoms with E-state index in [0.29, 0.717) is 18.4 Å². The Hall–Kier alpha value is -3.06. The molecule has 1 aliphatic rings. The van der Waals surface area contributed by atoms with Crippen molar-refractivity contribution in [2.45, 2.75) is 63.2 Å². The number of aromatic nitrogens is 2. The van der Waals surface area contributed by atoms with Crippen molar-refractivity contribution in [2.75, 3.05) is 0 Å². The summed E-state index contributed by atoms with van der Waals surface area (Å²) < 4.78 is 101. The Morgan fingerprint density at radius 3 is 2.43 bits per heavy atom. The average molecular weight is 546 g/mol. The van der Waals surface area contributed by atoms with Gasteiger partial charge in [0.25, 0.3) is 0 Å². The van der Waals surface area contributed by atoms with Crippen LogP contribution >= 0.6 is 0 Å². The van der Waals surface area contributed by atoms with Gasteiger partial charge in [-0.3, -0.25) is 0 Å². The van der Waals surface area contributed by atoms with E-state index in [9.17, 15) is 26.4 Å². The molecule has 3 atom stereocenters. The van der Waals surface area contributed by atoms with E-state index < -0.39 is 69.8 Å². The van der Waals surface area contributed by atoms with Gasteiger partial charge in [0.1, 0.15) is 23.4 Å². The predicted molar refractivity (Wildman–Crippen MR) is 123 cm³/mol. The fraction of sp³-hybridized carbons (Fsp3) is 0.417. The van der Waals surface area contributed by atoms with Crippen LogP contribution in [0.2, 0.25) is 0 Å². The number of sulfonamides is 1. The van der Waals surface area contributed by atoms with Gasteiger partial charge in [-0.15, -0.1) is 5.10 Å². The van der Waals surface area contributed by atoms with Gasteiger partial charge in [-0.2, -0.15) is 22.2 Å². The molecule has 0 bridgehead atoms. The van der Waals surface area contributed by atoms with Crippen molar-refractivity contribution in [3.63, 3.8) is 0 Å². The number of hydrogen-bond acceptors (Lipinski definition) is 5. The molecule has 13 heteroatoms. The molecule has 3 aromatic rings. The Balaban J connectivity index is 1.61. The lowest BCUT2D eigenvalue weighted by Gasteiger charge is -2.37. The van der Waals surface area contributed by atoms with Crippen LogP contribution in [0.5, 0.6) is 0 Å². The molecule has 7 nitrogen and oxygen atoms in total. The molecular formula is C24H24F5N3O4S. The van der Waals surface area contributed by atoms with Crippen LogP contribution in [-0.2, 0) is 23.1 Å². The van der Waals surface area contributed by atoms with Gasteiger partial charge in [0.05, 0.1) is 5.92 Å². The van der Waals surface area contributed by atoms with Crippen LogP contribution in [0.15, 0.2) is 51.7 Å². The maximum atomic E-state index is 15.1. The van der Waals surface area contributed by atoms with E-state index >= 15 is 8.78 Å². The lowest BCUT2D eigenvalue weighted by molar-refractivity contribution is -0.143. The molecule has 0 spiro atoms. The zero-order valence-electron chi connectivity index (χ0n) is 19.9. The topological polar surface area (TPSA) is 85.4 Å². The first-order chi connectivity index (χ1) is 17.3. The zero-order valence-corrected chi connectivity index (χ0v) is 20.7. The fourth-order valence-electron chi connectivity index (χ4n) is 4.48. The maximum Gasteiger partial charge on any atom is 0.437 e. The van der Waals surface area contributed by atoms with E-state index in [1.165, 1.54) is 6.92 Å². The summed E-state index contributed by atoms with van der Waals surface area (Å²) in [6, 6.07) is 9.87. The fourth-order valence-corrected chi connectivity index (χ4v) is 6.66. The molecule has 1 unspecified atom stereocenters. The van der Waals surface area contributed by atoms with Gasteiger partial charge in [-0.25, -0.2) is 22.0 Å². The predicted octanol–water partition coefficient (Wildman–Crippen LogP) is 4.88. The molecule has 1 aromatic heterocycles. The summed E-state index contributed by atoms with van der Waals surface area (Å²) in [4.78, 5) is 11.7. The highest BCUT2D eigenvalue weighted by atomic mass is 32.2. The van der Waals surface area contributed by atoms with Gasteiger partial charge >= 0.3 is 11.9 Å². The van der Waals surface area contributed by atoms with Crippen LogP contribution in [-0.4, -0.2) is 34.7 Å². The smallest absolute Gasteiger partial charge is 0.392 e. The van der Waals surface area contributed by atoms with Crippen LogP contribution in [0.1, 0.15) is 60.4 Å². The molecule has 200 valence electrons. The highest BCUT2D eigenvalue weighted by molar-refractivity contribution is 7.89. The number of nitrogens with zero attached hydrogens (tertiary/aromatic N) is 3. The molecule has 2 aromatic carbocycles. The van der Waals surface area contributed by atoms with E-state index in [1.807, 2.05) is 0 Å². The number of rotatable bonds is 6. The highest BCUT2D eigenvalue weighted by Gasteiger charge is 2.41.